The molecule has 0 aromatic heterocycles. The van der Waals surface area contributed by atoms with Gasteiger partial charge in [-0.05, 0) is 57.4 Å². The number of carbonyl (C=O) groups is 1. The number of nitrogens with one attached hydrogen (secondary N) is 2. The molecule has 1 aliphatic carbocycles. The second-order valence-electron chi connectivity index (χ2n) is 6.43. The van der Waals surface area contributed by atoms with Crippen LogP contribution in [0, 0.1) is 5.41 Å². The smallest absolute Gasteiger partial charge is 0.241 e. The first kappa shape index (κ1) is 13.6. The van der Waals surface area contributed by atoms with Crippen molar-refractivity contribution in [2.75, 3.05) is 6.54 Å². The summed E-state index contributed by atoms with van der Waals surface area (Å²) in [5.41, 5.74) is 2.60. The monoisotopic (exact) mass is 250 g/mol. The number of rotatable bonds is 2. The molecule has 2 rings (SSSR count). The number of amides is 1. The first-order chi connectivity index (χ1) is 8.50. The minimum absolute atomic E-state index is 0.0477. The zero-order valence-electron chi connectivity index (χ0n) is 11.9. The molecule has 3 nitrogen and oxygen atoms in total. The van der Waals surface area contributed by atoms with Gasteiger partial charge >= 0.3 is 0 Å². The predicted octanol–water partition coefficient (Wildman–Crippen LogP) is 2.73. The van der Waals surface area contributed by atoms with E-state index in [9.17, 15) is 4.79 Å². The maximum absolute atomic E-state index is 12.4. The molecule has 1 atom stereocenters. The van der Waals surface area contributed by atoms with Crippen LogP contribution >= 0.6 is 0 Å². The summed E-state index contributed by atoms with van der Waals surface area (Å²) >= 11 is 0. The van der Waals surface area contributed by atoms with Gasteiger partial charge in [0.2, 0.25) is 5.91 Å². The van der Waals surface area contributed by atoms with Gasteiger partial charge in [0.05, 0.1) is 6.04 Å². The third-order valence-corrected chi connectivity index (χ3v) is 4.41. The second kappa shape index (κ2) is 5.43. The lowest BCUT2D eigenvalue weighted by atomic mass is 9.77. The SMILES string of the molecule is CC1=C(NC(=O)C2NCCCC2(C)C)CCCC1. The molecule has 2 aliphatic rings. The van der Waals surface area contributed by atoms with Crippen LogP contribution in [0.5, 0.6) is 0 Å². The minimum Gasteiger partial charge on any atom is -0.328 e. The van der Waals surface area contributed by atoms with Crippen molar-refractivity contribution < 1.29 is 4.79 Å². The van der Waals surface area contributed by atoms with Crippen molar-refractivity contribution in [3.8, 4) is 0 Å². The standard InChI is InChI=1S/C15H26N2O/c1-11-7-4-5-8-12(11)17-14(18)13-15(2,3)9-6-10-16-13/h13,16H,4-10H2,1-3H3,(H,17,18). The maximum Gasteiger partial charge on any atom is 0.241 e. The van der Waals surface area contributed by atoms with Crippen molar-refractivity contribution in [2.45, 2.75) is 65.3 Å². The van der Waals surface area contributed by atoms with Crippen molar-refractivity contribution >= 4 is 5.91 Å². The molecule has 0 radical (unpaired) electrons. The average Bonchev–Trinajstić information content (AvgIpc) is 2.31. The zero-order valence-corrected chi connectivity index (χ0v) is 11.9. The maximum atomic E-state index is 12.4. The van der Waals surface area contributed by atoms with E-state index in [2.05, 4.69) is 31.4 Å². The Morgan fingerprint density at radius 1 is 1.28 bits per heavy atom. The van der Waals surface area contributed by atoms with Gasteiger partial charge < -0.3 is 10.6 Å². The lowest BCUT2D eigenvalue weighted by molar-refractivity contribution is -0.126. The van der Waals surface area contributed by atoms with Gasteiger partial charge in [0.1, 0.15) is 0 Å². The van der Waals surface area contributed by atoms with E-state index in [1.54, 1.807) is 0 Å². The molecule has 0 bridgehead atoms. The Morgan fingerprint density at radius 3 is 2.67 bits per heavy atom. The van der Waals surface area contributed by atoms with E-state index in [1.165, 1.54) is 30.5 Å². The van der Waals surface area contributed by atoms with Crippen molar-refractivity contribution in [3.63, 3.8) is 0 Å². The van der Waals surface area contributed by atoms with E-state index in [4.69, 9.17) is 0 Å². The van der Waals surface area contributed by atoms with E-state index in [0.717, 1.165) is 25.8 Å². The molecule has 1 saturated heterocycles. The van der Waals surface area contributed by atoms with Gasteiger partial charge in [-0.3, -0.25) is 4.79 Å². The minimum atomic E-state index is -0.0477. The third-order valence-electron chi connectivity index (χ3n) is 4.41. The summed E-state index contributed by atoms with van der Waals surface area (Å²) in [7, 11) is 0. The van der Waals surface area contributed by atoms with Crippen molar-refractivity contribution in [3.05, 3.63) is 11.3 Å². The molecule has 0 spiro atoms. The van der Waals surface area contributed by atoms with E-state index in [0.29, 0.717) is 0 Å². The van der Waals surface area contributed by atoms with Crippen LogP contribution in [0.3, 0.4) is 0 Å². The molecule has 1 heterocycles. The molecule has 0 saturated carbocycles. The summed E-state index contributed by atoms with van der Waals surface area (Å²) in [6.07, 6.45) is 6.92. The molecule has 102 valence electrons. The van der Waals surface area contributed by atoms with Crippen LogP contribution < -0.4 is 10.6 Å². The summed E-state index contributed by atoms with van der Waals surface area (Å²) in [6, 6.07) is -0.0477. The summed E-state index contributed by atoms with van der Waals surface area (Å²) in [6.45, 7) is 7.48. The van der Waals surface area contributed by atoms with Gasteiger partial charge in [-0.1, -0.05) is 19.4 Å². The Morgan fingerprint density at radius 2 is 2.00 bits per heavy atom. The van der Waals surface area contributed by atoms with E-state index < -0.39 is 0 Å². The Bertz CT molecular complexity index is 358. The Hall–Kier alpha value is -0.830. The molecule has 1 aliphatic heterocycles. The molecule has 2 N–H and O–H groups in total. The number of piperidine rings is 1. The number of carbonyl (C=O) groups excluding carboxylic acids is 1. The molecular weight excluding hydrogens is 224 g/mol. The molecule has 0 aromatic rings. The van der Waals surface area contributed by atoms with E-state index in [-0.39, 0.29) is 17.4 Å². The summed E-state index contributed by atoms with van der Waals surface area (Å²) in [4.78, 5) is 12.4. The summed E-state index contributed by atoms with van der Waals surface area (Å²) < 4.78 is 0. The molecule has 1 unspecified atom stereocenters. The second-order valence-corrected chi connectivity index (χ2v) is 6.43. The van der Waals surface area contributed by atoms with Crippen LogP contribution in [0.15, 0.2) is 11.3 Å². The van der Waals surface area contributed by atoms with Gasteiger partial charge in [0.15, 0.2) is 0 Å². The summed E-state index contributed by atoms with van der Waals surface area (Å²) in [5.74, 6) is 0.163. The van der Waals surface area contributed by atoms with E-state index in [1.807, 2.05) is 0 Å². The van der Waals surface area contributed by atoms with Crippen LogP contribution in [0.2, 0.25) is 0 Å². The predicted molar refractivity (Wildman–Crippen MR) is 74.1 cm³/mol. The highest BCUT2D eigenvalue weighted by Gasteiger charge is 2.37. The fourth-order valence-corrected chi connectivity index (χ4v) is 3.10. The number of hydrogen-bond acceptors (Lipinski definition) is 2. The first-order valence-corrected chi connectivity index (χ1v) is 7.23. The highest BCUT2D eigenvalue weighted by atomic mass is 16.2. The van der Waals surface area contributed by atoms with Gasteiger partial charge in [-0.25, -0.2) is 0 Å². The van der Waals surface area contributed by atoms with Gasteiger partial charge in [-0.15, -0.1) is 0 Å². The molecule has 1 amide bonds. The first-order valence-electron chi connectivity index (χ1n) is 7.23. The average molecular weight is 250 g/mol. The van der Waals surface area contributed by atoms with Gasteiger partial charge in [0.25, 0.3) is 0 Å². The molecule has 1 fully saturated rings. The van der Waals surface area contributed by atoms with Crippen LogP contribution in [0.25, 0.3) is 0 Å². The Kier molecular flexibility index (Phi) is 4.10. The highest BCUT2D eigenvalue weighted by Crippen LogP contribution is 2.31. The largest absolute Gasteiger partial charge is 0.328 e. The van der Waals surface area contributed by atoms with Crippen LogP contribution in [0.1, 0.15) is 59.3 Å². The topological polar surface area (TPSA) is 41.1 Å². The fraction of sp³-hybridized carbons (Fsp3) is 0.800. The Labute approximate surface area is 110 Å². The molecule has 0 aromatic carbocycles. The van der Waals surface area contributed by atoms with Crippen molar-refractivity contribution in [1.29, 1.82) is 0 Å². The molecule has 3 heteroatoms. The normalized spacial score (nSPS) is 28.1. The molecular formula is C15H26N2O. The number of hydrogen-bond donors (Lipinski definition) is 2. The fourth-order valence-electron chi connectivity index (χ4n) is 3.10. The number of allylic oxidation sites excluding steroid dienone is 2. The molecule has 18 heavy (non-hydrogen) atoms. The van der Waals surface area contributed by atoms with Crippen molar-refractivity contribution in [1.82, 2.24) is 10.6 Å². The van der Waals surface area contributed by atoms with Crippen molar-refractivity contribution in [2.24, 2.45) is 5.41 Å². The van der Waals surface area contributed by atoms with E-state index >= 15 is 0 Å². The van der Waals surface area contributed by atoms with Crippen LogP contribution in [-0.4, -0.2) is 18.5 Å². The quantitative estimate of drug-likeness (QED) is 0.791. The van der Waals surface area contributed by atoms with Crippen LogP contribution in [-0.2, 0) is 4.79 Å². The third kappa shape index (κ3) is 2.94. The van der Waals surface area contributed by atoms with Gasteiger partial charge in [-0.2, -0.15) is 0 Å². The summed E-state index contributed by atoms with van der Waals surface area (Å²) in [5, 5.41) is 6.55. The zero-order chi connectivity index (χ0) is 13.2. The van der Waals surface area contributed by atoms with Crippen LogP contribution in [0.4, 0.5) is 0 Å². The van der Waals surface area contributed by atoms with Gasteiger partial charge in [0, 0.05) is 5.70 Å². The lowest BCUT2D eigenvalue weighted by Crippen LogP contribution is -2.55. The Balaban J connectivity index is 2.03. The lowest BCUT2D eigenvalue weighted by Gasteiger charge is -2.38. The highest BCUT2D eigenvalue weighted by molar-refractivity contribution is 5.84.